The van der Waals surface area contributed by atoms with Gasteiger partial charge in [0.2, 0.25) is 0 Å². The number of nitrogens with one attached hydrogen (secondary N) is 1. The molecule has 1 heterocycles. The predicted octanol–water partition coefficient (Wildman–Crippen LogP) is 4.20. The van der Waals surface area contributed by atoms with Crippen molar-refractivity contribution in [2.24, 2.45) is 5.92 Å². The zero-order chi connectivity index (χ0) is 20.3. The molecule has 1 amide bonds. The molecule has 3 rings (SSSR count). The van der Waals surface area contributed by atoms with Crippen molar-refractivity contribution in [1.29, 1.82) is 5.26 Å². The smallest absolute Gasteiger partial charge is 0.316 e. The number of carbonyl (C=O) groups excluding carboxylic acids is 2. The van der Waals surface area contributed by atoms with Crippen molar-refractivity contribution in [2.75, 3.05) is 11.9 Å². The topological polar surface area (TPSA) is 79.2 Å². The Morgan fingerprint density at radius 1 is 1.32 bits per heavy atom. The highest BCUT2D eigenvalue weighted by Crippen LogP contribution is 2.39. The molecule has 0 radical (unpaired) electrons. The first-order chi connectivity index (χ1) is 13.3. The Kier molecular flexibility index (Phi) is 5.85. The fourth-order valence-corrected chi connectivity index (χ4v) is 4.78. The second kappa shape index (κ2) is 8.15. The molecule has 146 valence electrons. The third-order valence-corrected chi connectivity index (χ3v) is 6.39. The van der Waals surface area contributed by atoms with E-state index < -0.39 is 17.3 Å². The minimum atomic E-state index is -0.850. The van der Waals surface area contributed by atoms with E-state index in [1.165, 1.54) is 16.2 Å². The lowest BCUT2D eigenvalue weighted by Gasteiger charge is -2.22. The normalized spacial score (nSPS) is 16.0. The second-order valence-electron chi connectivity index (χ2n) is 7.78. The van der Waals surface area contributed by atoms with Gasteiger partial charge in [-0.3, -0.25) is 9.59 Å². The van der Waals surface area contributed by atoms with Crippen LogP contribution in [0.1, 0.15) is 48.8 Å². The molecule has 0 fully saturated rings. The van der Waals surface area contributed by atoms with Gasteiger partial charge in [0.05, 0.1) is 11.0 Å². The van der Waals surface area contributed by atoms with Crippen molar-refractivity contribution in [3.05, 3.63) is 51.9 Å². The van der Waals surface area contributed by atoms with Crippen molar-refractivity contribution in [3.8, 4) is 6.07 Å². The second-order valence-corrected chi connectivity index (χ2v) is 8.89. The quantitative estimate of drug-likeness (QED) is 0.768. The first kappa shape index (κ1) is 20.1. The van der Waals surface area contributed by atoms with Crippen LogP contribution in [0.25, 0.3) is 0 Å². The summed E-state index contributed by atoms with van der Waals surface area (Å²) in [5.41, 5.74) is 1.59. The molecule has 1 aromatic heterocycles. The van der Waals surface area contributed by atoms with Crippen molar-refractivity contribution >= 4 is 28.2 Å². The molecule has 1 aliphatic rings. The van der Waals surface area contributed by atoms with E-state index in [1.54, 1.807) is 13.8 Å². The number of esters is 1. The van der Waals surface area contributed by atoms with Crippen molar-refractivity contribution in [2.45, 2.75) is 45.4 Å². The Morgan fingerprint density at radius 2 is 2.04 bits per heavy atom. The van der Waals surface area contributed by atoms with Gasteiger partial charge in [-0.05, 0) is 50.2 Å². The van der Waals surface area contributed by atoms with E-state index in [-0.39, 0.29) is 6.61 Å². The molecule has 0 unspecified atom stereocenters. The third kappa shape index (κ3) is 4.10. The van der Waals surface area contributed by atoms with E-state index in [0.29, 0.717) is 16.5 Å². The Morgan fingerprint density at radius 3 is 2.71 bits per heavy atom. The lowest BCUT2D eigenvalue weighted by molar-refractivity contribution is -0.152. The average molecular weight is 397 g/mol. The number of anilines is 1. The van der Waals surface area contributed by atoms with Crippen LogP contribution in [0.3, 0.4) is 0 Å². The van der Waals surface area contributed by atoms with Crippen molar-refractivity contribution in [3.63, 3.8) is 0 Å². The van der Waals surface area contributed by atoms with E-state index in [0.717, 1.165) is 30.4 Å². The lowest BCUT2D eigenvalue weighted by Crippen LogP contribution is -2.33. The minimum absolute atomic E-state index is 0.376. The summed E-state index contributed by atoms with van der Waals surface area (Å²) in [4.78, 5) is 26.0. The number of carbonyl (C=O) groups is 2. The summed E-state index contributed by atoms with van der Waals surface area (Å²) in [6, 6.07) is 11.5. The van der Waals surface area contributed by atoms with Crippen LogP contribution >= 0.6 is 11.3 Å². The molecule has 28 heavy (non-hydrogen) atoms. The monoisotopic (exact) mass is 396 g/mol. The van der Waals surface area contributed by atoms with E-state index in [1.807, 2.05) is 30.3 Å². The molecule has 0 spiro atoms. The number of nitrogens with zero attached hydrogens (tertiary/aromatic N) is 1. The highest BCUT2D eigenvalue weighted by atomic mass is 32.1. The van der Waals surface area contributed by atoms with Gasteiger partial charge in [0.25, 0.3) is 5.91 Å². The summed E-state index contributed by atoms with van der Waals surface area (Å²) in [6.45, 7) is 5.36. The number of nitriles is 1. The summed E-state index contributed by atoms with van der Waals surface area (Å²) < 4.78 is 5.26. The summed E-state index contributed by atoms with van der Waals surface area (Å²) in [5.74, 6) is -0.309. The Balaban J connectivity index is 1.64. The number of fused-ring (bicyclic) bond motifs is 1. The molecular weight excluding hydrogens is 372 g/mol. The van der Waals surface area contributed by atoms with E-state index in [2.05, 4.69) is 18.3 Å². The number of amides is 1. The summed E-state index contributed by atoms with van der Waals surface area (Å²) >= 11 is 1.46. The maximum Gasteiger partial charge on any atom is 0.316 e. The number of ether oxygens (including phenoxy) is 1. The number of benzene rings is 1. The third-order valence-electron chi connectivity index (χ3n) is 5.22. The first-order valence-electron chi connectivity index (χ1n) is 9.40. The molecule has 0 saturated heterocycles. The first-order valence-corrected chi connectivity index (χ1v) is 10.2. The molecule has 1 aliphatic carbocycles. The fourth-order valence-electron chi connectivity index (χ4n) is 3.40. The zero-order valence-corrected chi connectivity index (χ0v) is 17.2. The number of hydrogen-bond acceptors (Lipinski definition) is 5. The van der Waals surface area contributed by atoms with Crippen LogP contribution in [-0.4, -0.2) is 18.5 Å². The summed E-state index contributed by atoms with van der Waals surface area (Å²) in [5, 5.41) is 12.8. The van der Waals surface area contributed by atoms with Crippen LogP contribution in [0, 0.1) is 17.2 Å². The molecule has 1 aromatic carbocycles. The van der Waals surface area contributed by atoms with E-state index in [4.69, 9.17) is 4.74 Å². The maximum atomic E-state index is 12.5. The maximum absolute atomic E-state index is 12.5. The highest BCUT2D eigenvalue weighted by Gasteiger charge is 2.32. The fraction of sp³-hybridized carbons (Fsp3) is 0.409. The van der Waals surface area contributed by atoms with Crippen LogP contribution in [0.15, 0.2) is 30.3 Å². The Hall–Kier alpha value is -2.65. The standard InChI is InChI=1S/C22H24N2O3S/c1-14-9-10-16-17(12-23)20(28-18(16)11-14)24-19(25)13-27-21(26)22(2,3)15-7-5-4-6-8-15/h4-8,14H,9-11,13H2,1-3H3,(H,24,25)/t14-/m0/s1. The van der Waals surface area contributed by atoms with Crippen molar-refractivity contribution in [1.82, 2.24) is 0 Å². The molecule has 0 aliphatic heterocycles. The van der Waals surface area contributed by atoms with Crippen molar-refractivity contribution < 1.29 is 14.3 Å². The van der Waals surface area contributed by atoms with Gasteiger partial charge >= 0.3 is 5.97 Å². The predicted molar refractivity (Wildman–Crippen MR) is 109 cm³/mol. The van der Waals surface area contributed by atoms with Gasteiger partial charge in [-0.25, -0.2) is 0 Å². The molecule has 5 nitrogen and oxygen atoms in total. The molecule has 2 aromatic rings. The lowest BCUT2D eigenvalue weighted by atomic mass is 9.85. The van der Waals surface area contributed by atoms with Gasteiger partial charge in [0.15, 0.2) is 6.61 Å². The molecular formula is C22H24N2O3S. The number of thiophene rings is 1. The minimum Gasteiger partial charge on any atom is -0.455 e. The SMILES string of the molecule is C[C@H]1CCc2c(sc(NC(=O)COC(=O)C(C)(C)c3ccccc3)c2C#N)C1. The summed E-state index contributed by atoms with van der Waals surface area (Å²) in [6.07, 6.45) is 2.86. The van der Waals surface area contributed by atoms with Crippen LogP contribution in [0.5, 0.6) is 0 Å². The summed E-state index contributed by atoms with van der Waals surface area (Å²) in [7, 11) is 0. The number of hydrogen-bond donors (Lipinski definition) is 1. The number of rotatable bonds is 5. The molecule has 1 N–H and O–H groups in total. The van der Waals surface area contributed by atoms with Gasteiger partial charge < -0.3 is 10.1 Å². The van der Waals surface area contributed by atoms with Crippen LogP contribution in [0.2, 0.25) is 0 Å². The zero-order valence-electron chi connectivity index (χ0n) is 16.4. The Labute approximate surface area is 169 Å². The molecule has 6 heteroatoms. The van der Waals surface area contributed by atoms with E-state index in [9.17, 15) is 14.9 Å². The molecule has 0 bridgehead atoms. The average Bonchev–Trinajstić information content (AvgIpc) is 3.02. The van der Waals surface area contributed by atoms with Gasteiger partial charge in [-0.15, -0.1) is 11.3 Å². The van der Waals surface area contributed by atoms with Gasteiger partial charge in [0.1, 0.15) is 11.1 Å². The van der Waals surface area contributed by atoms with E-state index >= 15 is 0 Å². The highest BCUT2D eigenvalue weighted by molar-refractivity contribution is 7.16. The van der Waals surface area contributed by atoms with Gasteiger partial charge in [-0.2, -0.15) is 5.26 Å². The van der Waals surface area contributed by atoms with Gasteiger partial charge in [-0.1, -0.05) is 37.3 Å². The molecule has 0 saturated carbocycles. The van der Waals surface area contributed by atoms with Crippen LogP contribution in [-0.2, 0) is 32.6 Å². The molecule has 1 atom stereocenters. The van der Waals surface area contributed by atoms with Crippen LogP contribution in [0.4, 0.5) is 5.00 Å². The Bertz CT molecular complexity index is 925. The largest absolute Gasteiger partial charge is 0.455 e. The van der Waals surface area contributed by atoms with Crippen LogP contribution < -0.4 is 5.32 Å². The van der Waals surface area contributed by atoms with Gasteiger partial charge in [0, 0.05) is 4.88 Å².